The highest BCUT2D eigenvalue weighted by Gasteiger charge is 2.33. The van der Waals surface area contributed by atoms with Crippen LogP contribution in [-0.2, 0) is 16.0 Å². The number of pyridine rings is 1. The summed E-state index contributed by atoms with van der Waals surface area (Å²) in [7, 11) is -3.65. The Hall–Kier alpha value is -3.81. The molecule has 1 N–H and O–H groups in total. The maximum absolute atomic E-state index is 13.2. The molecule has 0 saturated heterocycles. The quantitative estimate of drug-likeness (QED) is 0.435. The number of ether oxygens (including phenoxy) is 2. The fourth-order valence-corrected chi connectivity index (χ4v) is 3.37. The van der Waals surface area contributed by atoms with E-state index < -0.39 is 51.0 Å². The first kappa shape index (κ1) is 25.8. The highest BCUT2D eigenvalue weighted by Crippen LogP contribution is 2.34. The zero-order chi connectivity index (χ0) is 26.0. The van der Waals surface area contributed by atoms with E-state index in [0.717, 1.165) is 30.5 Å². The first-order valence-corrected chi connectivity index (χ1v) is 11.2. The van der Waals surface area contributed by atoms with E-state index in [2.05, 4.69) is 15.0 Å². The Morgan fingerprint density at radius 1 is 0.943 bits per heavy atom. The van der Waals surface area contributed by atoms with E-state index in [9.17, 15) is 39.6 Å². The molecule has 0 radical (unpaired) electrons. The first-order chi connectivity index (χ1) is 16.1. The molecule has 0 bridgehead atoms. The average Bonchev–Trinajstić information content (AvgIpc) is 2.72. The van der Waals surface area contributed by atoms with Gasteiger partial charge in [0.15, 0.2) is 9.84 Å². The maximum Gasteiger partial charge on any atom is 0.573 e. The lowest BCUT2D eigenvalue weighted by molar-refractivity contribution is -0.274. The van der Waals surface area contributed by atoms with Crippen molar-refractivity contribution in [3.05, 3.63) is 71.9 Å². The van der Waals surface area contributed by atoms with Gasteiger partial charge in [-0.1, -0.05) is 12.1 Å². The lowest BCUT2D eigenvalue weighted by Gasteiger charge is -2.14. The number of hydrogen-bond acceptors (Lipinski definition) is 6. The Bertz CT molecular complexity index is 1360. The van der Waals surface area contributed by atoms with Gasteiger partial charge in [-0.3, -0.25) is 4.79 Å². The van der Waals surface area contributed by atoms with Crippen LogP contribution in [0.1, 0.15) is 15.9 Å². The number of alkyl halides is 6. The van der Waals surface area contributed by atoms with Crippen LogP contribution in [0, 0.1) is 0 Å². The minimum absolute atomic E-state index is 0.0538. The number of aromatic nitrogens is 1. The van der Waals surface area contributed by atoms with Crippen molar-refractivity contribution in [3.63, 3.8) is 0 Å². The zero-order valence-electron chi connectivity index (χ0n) is 17.4. The van der Waals surface area contributed by atoms with Gasteiger partial charge in [0.1, 0.15) is 17.1 Å². The Labute approximate surface area is 194 Å². The Morgan fingerprint density at radius 3 is 2.23 bits per heavy atom. The standard InChI is InChI=1S/C21H14F6N2O5S/c1-35(31,32)16-7-2-4-13(9-16)29-18(30)17-8-12(20(22,23)24)11-28-19(17)33-14-5-3-6-15(10-14)34-21(25,26)27/h2-11H,1H3,(H,29,30). The molecule has 2 aromatic carbocycles. The number of hydrogen-bond donors (Lipinski definition) is 1. The summed E-state index contributed by atoms with van der Waals surface area (Å²) < 4.78 is 110. The highest BCUT2D eigenvalue weighted by molar-refractivity contribution is 7.90. The van der Waals surface area contributed by atoms with Gasteiger partial charge >= 0.3 is 12.5 Å². The number of nitrogens with zero attached hydrogens (tertiary/aromatic N) is 1. The van der Waals surface area contributed by atoms with E-state index in [1.54, 1.807) is 0 Å². The van der Waals surface area contributed by atoms with Crippen molar-refractivity contribution in [2.24, 2.45) is 0 Å². The van der Waals surface area contributed by atoms with Crippen LogP contribution in [0.2, 0.25) is 0 Å². The second-order valence-corrected chi connectivity index (χ2v) is 8.97. The average molecular weight is 520 g/mol. The summed E-state index contributed by atoms with van der Waals surface area (Å²) in [6.45, 7) is 0. The number of carbonyl (C=O) groups excluding carboxylic acids is 1. The molecule has 0 saturated carbocycles. The molecule has 7 nitrogen and oxygen atoms in total. The van der Waals surface area contributed by atoms with Crippen LogP contribution in [0.25, 0.3) is 0 Å². The largest absolute Gasteiger partial charge is 0.573 e. The molecule has 0 atom stereocenters. The maximum atomic E-state index is 13.2. The number of rotatable bonds is 6. The van der Waals surface area contributed by atoms with Crippen molar-refractivity contribution < 1.29 is 49.0 Å². The van der Waals surface area contributed by atoms with Crippen molar-refractivity contribution in [2.45, 2.75) is 17.4 Å². The van der Waals surface area contributed by atoms with E-state index in [1.165, 1.54) is 24.3 Å². The topological polar surface area (TPSA) is 94.6 Å². The number of halogens is 6. The van der Waals surface area contributed by atoms with Crippen LogP contribution in [0.15, 0.2) is 65.7 Å². The highest BCUT2D eigenvalue weighted by atomic mass is 32.2. The third-order valence-electron chi connectivity index (χ3n) is 4.20. The Kier molecular flexibility index (Phi) is 6.96. The summed E-state index contributed by atoms with van der Waals surface area (Å²) >= 11 is 0. The van der Waals surface area contributed by atoms with Crippen molar-refractivity contribution in [2.75, 3.05) is 11.6 Å². The molecule has 0 spiro atoms. The second kappa shape index (κ2) is 9.44. The SMILES string of the molecule is CS(=O)(=O)c1cccc(NC(=O)c2cc(C(F)(F)F)cnc2Oc2cccc(OC(F)(F)F)c2)c1. The first-order valence-electron chi connectivity index (χ1n) is 9.34. The molecule has 3 rings (SSSR count). The van der Waals surface area contributed by atoms with Crippen molar-refractivity contribution in [1.29, 1.82) is 0 Å². The fraction of sp³-hybridized carbons (Fsp3) is 0.143. The van der Waals surface area contributed by atoms with Crippen LogP contribution in [-0.4, -0.2) is 31.9 Å². The van der Waals surface area contributed by atoms with E-state index in [4.69, 9.17) is 4.74 Å². The third-order valence-corrected chi connectivity index (χ3v) is 5.31. The fourth-order valence-electron chi connectivity index (χ4n) is 2.70. The second-order valence-electron chi connectivity index (χ2n) is 6.95. The Morgan fingerprint density at radius 2 is 1.60 bits per heavy atom. The lowest BCUT2D eigenvalue weighted by atomic mass is 10.1. The van der Waals surface area contributed by atoms with E-state index in [1.807, 2.05) is 0 Å². The van der Waals surface area contributed by atoms with Gasteiger partial charge in [-0.15, -0.1) is 13.2 Å². The molecule has 0 aliphatic rings. The lowest BCUT2D eigenvalue weighted by Crippen LogP contribution is -2.17. The number of anilines is 1. The molecule has 0 unspecified atom stereocenters. The molecule has 0 aliphatic heterocycles. The summed E-state index contributed by atoms with van der Waals surface area (Å²) in [6, 6.07) is 9.43. The van der Waals surface area contributed by atoms with Crippen molar-refractivity contribution >= 4 is 21.4 Å². The predicted molar refractivity (Wildman–Crippen MR) is 110 cm³/mol. The van der Waals surface area contributed by atoms with Gasteiger partial charge in [-0.25, -0.2) is 13.4 Å². The van der Waals surface area contributed by atoms with Crippen molar-refractivity contribution in [3.8, 4) is 17.4 Å². The van der Waals surface area contributed by atoms with Crippen LogP contribution in [0.5, 0.6) is 17.4 Å². The van der Waals surface area contributed by atoms with Gasteiger partial charge < -0.3 is 14.8 Å². The van der Waals surface area contributed by atoms with E-state index >= 15 is 0 Å². The molecule has 14 heteroatoms. The molecular formula is C21H14F6N2O5S. The number of amides is 1. The van der Waals surface area contributed by atoms with Crippen molar-refractivity contribution in [1.82, 2.24) is 4.98 Å². The summed E-state index contributed by atoms with van der Waals surface area (Å²) in [6.07, 6.45) is -8.58. The normalized spacial score (nSPS) is 12.2. The minimum atomic E-state index is -5.00. The summed E-state index contributed by atoms with van der Waals surface area (Å²) in [5.41, 5.74) is -2.07. The van der Waals surface area contributed by atoms with Gasteiger partial charge in [0, 0.05) is 24.2 Å². The van der Waals surface area contributed by atoms with E-state index in [-0.39, 0.29) is 16.3 Å². The molecule has 3 aromatic rings. The van der Waals surface area contributed by atoms with E-state index in [0.29, 0.717) is 12.3 Å². The van der Waals surface area contributed by atoms with Crippen LogP contribution < -0.4 is 14.8 Å². The Balaban J connectivity index is 1.97. The molecule has 35 heavy (non-hydrogen) atoms. The molecule has 186 valence electrons. The molecule has 1 amide bonds. The van der Waals surface area contributed by atoms with Crippen LogP contribution >= 0.6 is 0 Å². The van der Waals surface area contributed by atoms with Gasteiger partial charge in [-0.05, 0) is 36.4 Å². The van der Waals surface area contributed by atoms with Gasteiger partial charge in [0.2, 0.25) is 5.88 Å². The molecule has 0 aliphatic carbocycles. The van der Waals surface area contributed by atoms with Crippen LogP contribution in [0.3, 0.4) is 0 Å². The number of sulfone groups is 1. The smallest absolute Gasteiger partial charge is 0.438 e. The molecule has 0 fully saturated rings. The third kappa shape index (κ3) is 7.09. The molecule has 1 aromatic heterocycles. The zero-order valence-corrected chi connectivity index (χ0v) is 18.3. The minimum Gasteiger partial charge on any atom is -0.438 e. The molecule has 1 heterocycles. The predicted octanol–water partition coefficient (Wildman–Crippen LogP) is 5.45. The van der Waals surface area contributed by atoms with Gasteiger partial charge in [-0.2, -0.15) is 13.2 Å². The monoisotopic (exact) mass is 520 g/mol. The summed E-state index contributed by atoms with van der Waals surface area (Å²) in [4.78, 5) is 16.1. The summed E-state index contributed by atoms with van der Waals surface area (Å²) in [5.74, 6) is -2.79. The van der Waals surface area contributed by atoms with Gasteiger partial charge in [0.05, 0.1) is 10.5 Å². The molecular weight excluding hydrogens is 506 g/mol. The number of carbonyl (C=O) groups is 1. The summed E-state index contributed by atoms with van der Waals surface area (Å²) in [5, 5.41) is 2.25. The van der Waals surface area contributed by atoms with Gasteiger partial charge in [0.25, 0.3) is 5.91 Å². The van der Waals surface area contributed by atoms with Crippen LogP contribution in [0.4, 0.5) is 32.0 Å². The number of benzene rings is 2. The number of nitrogens with one attached hydrogen (secondary N) is 1.